The Morgan fingerprint density at radius 2 is 1.89 bits per heavy atom. The summed E-state index contributed by atoms with van der Waals surface area (Å²) in [6.07, 6.45) is -1.33. The number of nitrogens with zero attached hydrogens (tertiary/aromatic N) is 1. The molecule has 0 fully saturated rings. The van der Waals surface area contributed by atoms with E-state index in [0.29, 0.717) is 18.1 Å². The maximum Gasteiger partial charge on any atom is 0.422 e. The van der Waals surface area contributed by atoms with E-state index in [9.17, 15) is 13.2 Å². The van der Waals surface area contributed by atoms with Crippen molar-refractivity contribution < 1.29 is 22.6 Å². The molecular formula is C18H29F3IN3O2. The van der Waals surface area contributed by atoms with Crippen molar-refractivity contribution in [3.05, 3.63) is 29.3 Å². The van der Waals surface area contributed by atoms with Crippen LogP contribution in [0.5, 0.6) is 5.75 Å². The Labute approximate surface area is 176 Å². The molecule has 0 saturated heterocycles. The molecule has 0 aliphatic carbocycles. The van der Waals surface area contributed by atoms with Gasteiger partial charge in [-0.05, 0) is 37.8 Å². The van der Waals surface area contributed by atoms with E-state index in [1.807, 2.05) is 13.0 Å². The normalized spacial score (nSPS) is 11.7. The molecule has 0 heterocycles. The second-order valence-corrected chi connectivity index (χ2v) is 5.92. The fourth-order valence-electron chi connectivity index (χ4n) is 2.26. The Morgan fingerprint density at radius 3 is 2.52 bits per heavy atom. The zero-order chi connectivity index (χ0) is 19.4. The molecule has 0 aliphatic rings. The average Bonchev–Trinajstić information content (AvgIpc) is 2.59. The minimum atomic E-state index is -4.37. The lowest BCUT2D eigenvalue weighted by molar-refractivity contribution is -0.153. The largest absolute Gasteiger partial charge is 0.484 e. The second kappa shape index (κ2) is 13.9. The molecule has 0 bridgehead atoms. The third kappa shape index (κ3) is 12.0. The van der Waals surface area contributed by atoms with Gasteiger partial charge in [0.1, 0.15) is 5.75 Å². The summed E-state index contributed by atoms with van der Waals surface area (Å²) in [6, 6.07) is 5.20. The third-order valence-corrected chi connectivity index (χ3v) is 3.60. The van der Waals surface area contributed by atoms with Gasteiger partial charge in [-0.2, -0.15) is 13.2 Å². The molecule has 0 aromatic heterocycles. The summed E-state index contributed by atoms with van der Waals surface area (Å²) < 4.78 is 47.2. The minimum Gasteiger partial charge on any atom is -0.484 e. The van der Waals surface area contributed by atoms with E-state index in [0.717, 1.165) is 38.0 Å². The van der Waals surface area contributed by atoms with Crippen LogP contribution in [0.1, 0.15) is 30.4 Å². The van der Waals surface area contributed by atoms with Crippen molar-refractivity contribution in [2.75, 3.05) is 33.9 Å². The van der Waals surface area contributed by atoms with E-state index in [2.05, 4.69) is 15.6 Å². The third-order valence-electron chi connectivity index (χ3n) is 3.60. The molecular weight excluding hydrogens is 474 g/mol. The topological polar surface area (TPSA) is 54.9 Å². The van der Waals surface area contributed by atoms with Gasteiger partial charge in [0.25, 0.3) is 0 Å². The number of halogens is 4. The Morgan fingerprint density at radius 1 is 1.15 bits per heavy atom. The fourth-order valence-corrected chi connectivity index (χ4v) is 2.26. The molecule has 5 nitrogen and oxygen atoms in total. The number of alkyl halides is 3. The van der Waals surface area contributed by atoms with Crippen molar-refractivity contribution in [3.8, 4) is 5.75 Å². The van der Waals surface area contributed by atoms with Gasteiger partial charge in [0.05, 0.1) is 0 Å². The molecule has 0 atom stereocenters. The van der Waals surface area contributed by atoms with Crippen LogP contribution in [0, 0.1) is 6.92 Å². The van der Waals surface area contributed by atoms with Crippen molar-refractivity contribution in [1.29, 1.82) is 0 Å². The number of hydrogen-bond acceptors (Lipinski definition) is 3. The highest BCUT2D eigenvalue weighted by Gasteiger charge is 2.28. The molecule has 27 heavy (non-hydrogen) atoms. The van der Waals surface area contributed by atoms with Crippen LogP contribution in [0.4, 0.5) is 13.2 Å². The molecule has 0 unspecified atom stereocenters. The van der Waals surface area contributed by atoms with Crippen molar-refractivity contribution in [2.24, 2.45) is 4.99 Å². The lowest BCUT2D eigenvalue weighted by Crippen LogP contribution is -2.37. The SMILES string of the molecule is CN=C(NCCCCCOC)NCc1ccc(C)cc1OCC(F)(F)F.I. The Hall–Kier alpha value is -1.23. The molecule has 1 aromatic rings. The summed E-state index contributed by atoms with van der Waals surface area (Å²) in [5.74, 6) is 0.823. The van der Waals surface area contributed by atoms with Crippen LogP contribution in [-0.2, 0) is 11.3 Å². The van der Waals surface area contributed by atoms with Crippen molar-refractivity contribution in [2.45, 2.75) is 38.9 Å². The molecule has 0 aliphatic heterocycles. The molecule has 0 amide bonds. The summed E-state index contributed by atoms with van der Waals surface area (Å²) in [7, 11) is 3.33. The lowest BCUT2D eigenvalue weighted by atomic mass is 10.1. The molecule has 1 rings (SSSR count). The first-order chi connectivity index (χ1) is 12.4. The van der Waals surface area contributed by atoms with Crippen LogP contribution < -0.4 is 15.4 Å². The average molecular weight is 503 g/mol. The van der Waals surface area contributed by atoms with Crippen LogP contribution in [0.3, 0.4) is 0 Å². The summed E-state index contributed by atoms with van der Waals surface area (Å²) in [4.78, 5) is 4.12. The molecule has 1 aromatic carbocycles. The summed E-state index contributed by atoms with van der Waals surface area (Å²) in [6.45, 7) is 2.33. The number of nitrogens with one attached hydrogen (secondary N) is 2. The highest BCUT2D eigenvalue weighted by Crippen LogP contribution is 2.23. The minimum absolute atomic E-state index is 0. The predicted octanol–water partition coefficient (Wildman–Crippen LogP) is 4.04. The number of methoxy groups -OCH3 is 1. The van der Waals surface area contributed by atoms with Gasteiger partial charge in [-0.1, -0.05) is 12.1 Å². The predicted molar refractivity (Wildman–Crippen MR) is 112 cm³/mol. The van der Waals surface area contributed by atoms with Crippen LogP contribution >= 0.6 is 24.0 Å². The van der Waals surface area contributed by atoms with E-state index in [-0.39, 0.29) is 29.7 Å². The van der Waals surface area contributed by atoms with Crippen molar-refractivity contribution >= 4 is 29.9 Å². The Kier molecular flexibility index (Phi) is 13.2. The quantitative estimate of drug-likeness (QED) is 0.219. The number of benzene rings is 1. The van der Waals surface area contributed by atoms with E-state index in [1.165, 1.54) is 0 Å². The van der Waals surface area contributed by atoms with Crippen LogP contribution in [0.2, 0.25) is 0 Å². The number of guanidine groups is 1. The number of unbranched alkanes of at least 4 members (excludes halogenated alkanes) is 2. The monoisotopic (exact) mass is 503 g/mol. The number of aryl methyl sites for hydroxylation is 1. The zero-order valence-electron chi connectivity index (χ0n) is 16.0. The first-order valence-corrected chi connectivity index (χ1v) is 8.58. The summed E-state index contributed by atoms with van der Waals surface area (Å²) in [5.41, 5.74) is 1.48. The van der Waals surface area contributed by atoms with Crippen molar-refractivity contribution in [1.82, 2.24) is 10.6 Å². The maximum absolute atomic E-state index is 12.4. The fraction of sp³-hybridized carbons (Fsp3) is 0.611. The van der Waals surface area contributed by atoms with Gasteiger partial charge >= 0.3 is 6.18 Å². The van der Waals surface area contributed by atoms with Gasteiger partial charge in [0.15, 0.2) is 12.6 Å². The number of ether oxygens (including phenoxy) is 2. The van der Waals surface area contributed by atoms with E-state index in [1.54, 1.807) is 26.3 Å². The van der Waals surface area contributed by atoms with Gasteiger partial charge in [-0.3, -0.25) is 4.99 Å². The van der Waals surface area contributed by atoms with Crippen molar-refractivity contribution in [3.63, 3.8) is 0 Å². The van der Waals surface area contributed by atoms with Gasteiger partial charge in [0.2, 0.25) is 0 Å². The maximum atomic E-state index is 12.4. The number of rotatable bonds is 10. The van der Waals surface area contributed by atoms with E-state index >= 15 is 0 Å². The van der Waals surface area contributed by atoms with Crippen LogP contribution in [-0.4, -0.2) is 46.1 Å². The van der Waals surface area contributed by atoms with Gasteiger partial charge in [0, 0.05) is 39.4 Å². The highest BCUT2D eigenvalue weighted by atomic mass is 127. The zero-order valence-corrected chi connectivity index (χ0v) is 18.3. The number of aliphatic imine (C=N–C) groups is 1. The van der Waals surface area contributed by atoms with E-state index < -0.39 is 12.8 Å². The van der Waals surface area contributed by atoms with Crippen LogP contribution in [0.25, 0.3) is 0 Å². The highest BCUT2D eigenvalue weighted by molar-refractivity contribution is 14.0. The summed E-state index contributed by atoms with van der Waals surface area (Å²) >= 11 is 0. The second-order valence-electron chi connectivity index (χ2n) is 5.92. The molecule has 0 saturated carbocycles. The molecule has 2 N–H and O–H groups in total. The van der Waals surface area contributed by atoms with Gasteiger partial charge < -0.3 is 20.1 Å². The molecule has 0 radical (unpaired) electrons. The molecule has 156 valence electrons. The first kappa shape index (κ1) is 25.8. The van der Waals surface area contributed by atoms with Gasteiger partial charge in [-0.25, -0.2) is 0 Å². The van der Waals surface area contributed by atoms with E-state index in [4.69, 9.17) is 9.47 Å². The smallest absolute Gasteiger partial charge is 0.422 e. The summed E-state index contributed by atoms with van der Waals surface area (Å²) in [5, 5.41) is 6.28. The lowest BCUT2D eigenvalue weighted by Gasteiger charge is -2.16. The van der Waals surface area contributed by atoms with Crippen LogP contribution in [0.15, 0.2) is 23.2 Å². The standard InChI is InChI=1S/C18H28F3N3O2.HI/c1-14-7-8-15(16(11-14)26-13-18(19,20)21)12-24-17(22-2)23-9-5-4-6-10-25-3;/h7-8,11H,4-6,9-10,12-13H2,1-3H3,(H2,22,23,24);1H. The van der Waals surface area contributed by atoms with Gasteiger partial charge in [-0.15, -0.1) is 24.0 Å². The Balaban J connectivity index is 0.00000676. The first-order valence-electron chi connectivity index (χ1n) is 8.58. The molecule has 9 heteroatoms. The Bertz CT molecular complexity index is 569. The molecule has 0 spiro atoms. The number of hydrogen-bond donors (Lipinski definition) is 2.